The van der Waals surface area contributed by atoms with E-state index in [0.29, 0.717) is 0 Å². The summed E-state index contributed by atoms with van der Waals surface area (Å²) in [6.07, 6.45) is 0. The van der Waals surface area contributed by atoms with Crippen LogP contribution in [0.3, 0.4) is 0 Å². The molecule has 6 nitrogen and oxygen atoms in total. The van der Waals surface area contributed by atoms with Crippen LogP contribution in [0.15, 0.2) is 0 Å². The fourth-order valence-electron chi connectivity index (χ4n) is 0. The molecule has 10 heavy (non-hydrogen) atoms. The van der Waals surface area contributed by atoms with E-state index < -0.39 is 7.82 Å². The molecule has 0 radical (unpaired) electrons. The van der Waals surface area contributed by atoms with E-state index in [0.717, 1.165) is 0 Å². The molecule has 0 unspecified atom stereocenters. The van der Waals surface area contributed by atoms with Crippen molar-refractivity contribution in [2.45, 2.75) is 0 Å². The number of aliphatic hydroxyl groups excluding tert-OH is 2. The zero-order valence-corrected chi connectivity index (χ0v) is 8.40. The van der Waals surface area contributed by atoms with Gasteiger partial charge >= 0.3 is 37.4 Å². The third-order valence-electron chi connectivity index (χ3n) is 0.1000. The summed E-state index contributed by atoms with van der Waals surface area (Å²) in [5.74, 6) is 0. The van der Waals surface area contributed by atoms with E-state index in [-0.39, 0.29) is 44.2 Å². The van der Waals surface area contributed by atoms with Crippen molar-refractivity contribution in [1.29, 1.82) is 0 Å². The second kappa shape index (κ2) is 10.0. The fraction of sp³-hybridized carbons (Fsp3) is 1.00. The van der Waals surface area contributed by atoms with Crippen LogP contribution in [0.5, 0.6) is 0 Å². The maximum absolute atomic E-state index is 8.88. The molecule has 0 spiro atoms. The van der Waals surface area contributed by atoms with Crippen LogP contribution >= 0.6 is 7.82 Å². The van der Waals surface area contributed by atoms with Crippen molar-refractivity contribution in [3.05, 3.63) is 0 Å². The van der Waals surface area contributed by atoms with Crippen molar-refractivity contribution in [2.24, 2.45) is 0 Å². The second-order valence-corrected chi connectivity index (χ2v) is 1.99. The van der Waals surface area contributed by atoms with Crippen molar-refractivity contribution in [2.75, 3.05) is 13.2 Å². The predicted molar refractivity (Wildman–Crippen MR) is 29.5 cm³/mol. The molecule has 0 atom stereocenters. The maximum atomic E-state index is 8.88. The predicted octanol–water partition coefficient (Wildman–Crippen LogP) is -4.84. The van der Waals surface area contributed by atoms with Gasteiger partial charge in [-0.25, -0.2) is 4.57 Å². The van der Waals surface area contributed by atoms with Crippen molar-refractivity contribution in [1.82, 2.24) is 0 Å². The monoisotopic (exact) mass is 184 g/mol. The van der Waals surface area contributed by atoms with Crippen LogP contribution in [0, 0.1) is 0 Å². The Balaban J connectivity index is -0.0000000383. The van der Waals surface area contributed by atoms with Crippen LogP contribution in [-0.4, -0.2) is 38.1 Å². The number of hydrogen-bond acceptors (Lipinski definition) is 3. The quantitative estimate of drug-likeness (QED) is 0.206. The molecule has 0 aliphatic carbocycles. The molecule has 0 aliphatic heterocycles. The van der Waals surface area contributed by atoms with Crippen LogP contribution in [0.25, 0.3) is 0 Å². The van der Waals surface area contributed by atoms with Gasteiger partial charge in [-0.1, -0.05) is 0 Å². The first-order valence-corrected chi connectivity index (χ1v) is 3.48. The van der Waals surface area contributed by atoms with E-state index in [9.17, 15) is 0 Å². The van der Waals surface area contributed by atoms with Gasteiger partial charge in [-0.3, -0.25) is 0 Å². The number of hydrogen-bond donors (Lipinski definition) is 5. The molecule has 8 heteroatoms. The number of aliphatic hydroxyl groups is 2. The van der Waals surface area contributed by atoms with E-state index >= 15 is 0 Å². The van der Waals surface area contributed by atoms with Gasteiger partial charge in [0.05, 0.1) is 13.2 Å². The molecule has 0 aliphatic rings. The van der Waals surface area contributed by atoms with Crippen LogP contribution in [0.1, 0.15) is 1.43 Å². The molecule has 0 aromatic heterocycles. The van der Waals surface area contributed by atoms with E-state index in [1.165, 1.54) is 0 Å². The first-order valence-electron chi connectivity index (χ1n) is 1.92. The van der Waals surface area contributed by atoms with E-state index in [1.54, 1.807) is 0 Å². The van der Waals surface area contributed by atoms with Gasteiger partial charge in [-0.2, -0.15) is 0 Å². The Morgan fingerprint density at radius 1 is 1.10 bits per heavy atom. The molecule has 0 saturated carbocycles. The van der Waals surface area contributed by atoms with Gasteiger partial charge in [0.1, 0.15) is 0 Å². The summed E-state index contributed by atoms with van der Waals surface area (Å²) in [6, 6.07) is 0. The fourth-order valence-corrected chi connectivity index (χ4v) is 0. The SMILES string of the molecule is O=P(O)(O)O.OCCO.[H-].[Na+]. The molecular weight excluding hydrogens is 174 g/mol. The standard InChI is InChI=1S/C2H6O2.Na.H3O4P.H/c3-1-2-4;;1-5(2,3)4;/h3-4H,1-2H2;;(H3,1,2,3,4);/q;+1;;-1. The van der Waals surface area contributed by atoms with Crippen LogP contribution in [0.4, 0.5) is 0 Å². The minimum Gasteiger partial charge on any atom is -1.00 e. The van der Waals surface area contributed by atoms with E-state index in [2.05, 4.69) is 0 Å². The second-order valence-electron chi connectivity index (χ2n) is 0.960. The van der Waals surface area contributed by atoms with Gasteiger partial charge in [0.15, 0.2) is 0 Å². The molecule has 5 N–H and O–H groups in total. The zero-order chi connectivity index (χ0) is 7.91. The normalized spacial score (nSPS) is 8.90. The third-order valence-corrected chi connectivity index (χ3v) is 0.1000. The Morgan fingerprint density at radius 2 is 1.20 bits per heavy atom. The van der Waals surface area contributed by atoms with Crippen LogP contribution in [-0.2, 0) is 4.57 Å². The molecule has 0 aromatic carbocycles. The third kappa shape index (κ3) is 141. The molecule has 0 saturated heterocycles. The Kier molecular flexibility index (Phi) is 17.3. The smallest absolute Gasteiger partial charge is 1.00 e. The van der Waals surface area contributed by atoms with Gasteiger partial charge in [0, 0.05) is 0 Å². The van der Waals surface area contributed by atoms with Crippen molar-refractivity contribution in [3.63, 3.8) is 0 Å². The molecule has 0 heterocycles. The summed E-state index contributed by atoms with van der Waals surface area (Å²) in [5.41, 5.74) is 0. The van der Waals surface area contributed by atoms with Crippen LogP contribution < -0.4 is 29.6 Å². The molecular formula is C2H10NaO6P. The van der Waals surface area contributed by atoms with E-state index in [4.69, 9.17) is 29.5 Å². The summed E-state index contributed by atoms with van der Waals surface area (Å²) < 4.78 is 8.88. The maximum Gasteiger partial charge on any atom is 1.00 e. The van der Waals surface area contributed by atoms with Gasteiger partial charge < -0.3 is 26.3 Å². The Hall–Kier alpha value is 1.03. The van der Waals surface area contributed by atoms with Crippen LogP contribution in [0.2, 0.25) is 0 Å². The van der Waals surface area contributed by atoms with Gasteiger partial charge in [0.2, 0.25) is 0 Å². The molecule has 0 bridgehead atoms. The minimum absolute atomic E-state index is 0. The van der Waals surface area contributed by atoms with Crippen molar-refractivity contribution >= 4 is 7.82 Å². The van der Waals surface area contributed by atoms with Gasteiger partial charge in [-0.15, -0.1) is 0 Å². The minimum atomic E-state index is -4.64. The average Bonchev–Trinajstić information content (AvgIpc) is 1.61. The first-order chi connectivity index (χ1) is 3.91. The average molecular weight is 184 g/mol. The topological polar surface area (TPSA) is 118 Å². The number of rotatable bonds is 1. The molecule has 0 amide bonds. The van der Waals surface area contributed by atoms with Gasteiger partial charge in [0.25, 0.3) is 0 Å². The molecule has 0 rings (SSSR count). The van der Waals surface area contributed by atoms with Crippen molar-refractivity contribution < 1.29 is 60.4 Å². The largest absolute Gasteiger partial charge is 1.00 e. The van der Waals surface area contributed by atoms with E-state index in [1.807, 2.05) is 0 Å². The molecule has 0 aromatic rings. The number of phosphoric acid groups is 1. The summed E-state index contributed by atoms with van der Waals surface area (Å²) in [7, 11) is -4.64. The summed E-state index contributed by atoms with van der Waals surface area (Å²) >= 11 is 0. The summed E-state index contributed by atoms with van der Waals surface area (Å²) in [4.78, 5) is 21.6. The Morgan fingerprint density at radius 3 is 1.20 bits per heavy atom. The summed E-state index contributed by atoms with van der Waals surface area (Å²) in [6.45, 7) is -0.250. The first kappa shape index (κ1) is 17.2. The molecule has 0 fully saturated rings. The Bertz CT molecular complexity index is 84.3. The van der Waals surface area contributed by atoms with Crippen molar-refractivity contribution in [3.8, 4) is 0 Å². The Labute approximate surface area is 81.5 Å². The summed E-state index contributed by atoms with van der Waals surface area (Å²) in [5, 5.41) is 15.2. The zero-order valence-electron chi connectivity index (χ0n) is 6.51. The molecule has 60 valence electrons. The van der Waals surface area contributed by atoms with Gasteiger partial charge in [-0.05, 0) is 0 Å².